The predicted octanol–water partition coefficient (Wildman–Crippen LogP) is 5.09. The maximum atomic E-state index is 12.3. The number of pyridine rings is 1. The fraction of sp³-hybridized carbons (Fsp3) is 0.0476. The van der Waals surface area contributed by atoms with Gasteiger partial charge in [-0.2, -0.15) is 0 Å². The molecule has 0 atom stereocenters. The molecule has 0 bridgehead atoms. The third-order valence-electron chi connectivity index (χ3n) is 3.97. The Morgan fingerprint density at radius 3 is 2.62 bits per heavy atom. The largest absolute Gasteiger partial charge is 0.489 e. The normalized spacial score (nSPS) is 10.8. The van der Waals surface area contributed by atoms with Gasteiger partial charge in [0.1, 0.15) is 17.9 Å². The summed E-state index contributed by atoms with van der Waals surface area (Å²) in [5.74, 6) is 0.626. The lowest BCUT2D eigenvalue weighted by atomic mass is 10.1. The molecule has 2 aromatic heterocycles. The molecule has 0 saturated carbocycles. The number of hydrogen-bond acceptors (Lipinski definition) is 4. The Balaban J connectivity index is 1.61. The van der Waals surface area contributed by atoms with Gasteiger partial charge in [-0.3, -0.25) is 4.98 Å². The number of fused-ring (bicyclic) bond motifs is 1. The van der Waals surface area contributed by atoms with Crippen molar-refractivity contribution in [3.63, 3.8) is 0 Å². The van der Waals surface area contributed by atoms with Crippen molar-refractivity contribution >= 4 is 22.6 Å². The molecule has 0 radical (unpaired) electrons. The van der Waals surface area contributed by atoms with Crippen LogP contribution in [0.25, 0.3) is 22.2 Å². The van der Waals surface area contributed by atoms with Crippen LogP contribution < -0.4 is 10.4 Å². The maximum absolute atomic E-state index is 12.3. The standard InChI is InChI=1S/C21H14ClNO3/c22-16-7-4-14(5-8-16)13-25-17-9-6-15-11-18(19-3-1-2-10-23-19)21(24)26-20(15)12-17/h1-12H,13H2. The fourth-order valence-corrected chi connectivity index (χ4v) is 2.76. The molecule has 0 N–H and O–H groups in total. The second-order valence-corrected chi connectivity index (χ2v) is 6.21. The van der Waals surface area contributed by atoms with E-state index in [1.807, 2.05) is 42.5 Å². The Hall–Kier alpha value is -3.11. The van der Waals surface area contributed by atoms with E-state index >= 15 is 0 Å². The molecule has 4 aromatic rings. The first kappa shape index (κ1) is 16.4. The molecule has 128 valence electrons. The first-order valence-corrected chi connectivity index (χ1v) is 8.43. The van der Waals surface area contributed by atoms with Gasteiger partial charge in [0.15, 0.2) is 0 Å². The van der Waals surface area contributed by atoms with Crippen molar-refractivity contribution in [1.29, 1.82) is 0 Å². The zero-order valence-corrected chi connectivity index (χ0v) is 14.4. The van der Waals surface area contributed by atoms with Gasteiger partial charge in [0.05, 0.1) is 11.3 Å². The van der Waals surface area contributed by atoms with Crippen molar-refractivity contribution in [2.24, 2.45) is 0 Å². The van der Waals surface area contributed by atoms with Crippen LogP contribution in [-0.4, -0.2) is 4.98 Å². The molecule has 0 fully saturated rings. The molecule has 0 spiro atoms. The molecular formula is C21H14ClNO3. The molecule has 0 unspecified atom stereocenters. The van der Waals surface area contributed by atoms with Crippen LogP contribution in [0.5, 0.6) is 5.75 Å². The van der Waals surface area contributed by atoms with E-state index in [9.17, 15) is 4.79 Å². The molecule has 4 rings (SSSR count). The quantitative estimate of drug-likeness (QED) is 0.474. The number of rotatable bonds is 4. The minimum absolute atomic E-state index is 0.402. The van der Waals surface area contributed by atoms with Crippen molar-refractivity contribution in [1.82, 2.24) is 4.98 Å². The molecule has 0 amide bonds. The van der Waals surface area contributed by atoms with Gasteiger partial charge < -0.3 is 9.15 Å². The SMILES string of the molecule is O=c1oc2cc(OCc3ccc(Cl)cc3)ccc2cc1-c1ccccn1. The van der Waals surface area contributed by atoms with Crippen LogP contribution in [0.2, 0.25) is 5.02 Å². The first-order chi connectivity index (χ1) is 12.7. The number of benzene rings is 2. The molecule has 0 saturated heterocycles. The molecule has 0 aliphatic heterocycles. The van der Waals surface area contributed by atoms with E-state index in [1.54, 1.807) is 30.5 Å². The highest BCUT2D eigenvalue weighted by Gasteiger charge is 2.09. The van der Waals surface area contributed by atoms with Crippen molar-refractivity contribution < 1.29 is 9.15 Å². The lowest BCUT2D eigenvalue weighted by Crippen LogP contribution is -2.03. The molecule has 4 nitrogen and oxygen atoms in total. The Kier molecular flexibility index (Phi) is 4.42. The molecule has 2 aromatic carbocycles. The summed E-state index contributed by atoms with van der Waals surface area (Å²) in [4.78, 5) is 16.5. The Morgan fingerprint density at radius 2 is 1.85 bits per heavy atom. The predicted molar refractivity (Wildman–Crippen MR) is 101 cm³/mol. The van der Waals surface area contributed by atoms with Crippen LogP contribution in [0.1, 0.15) is 5.56 Å². The number of aromatic nitrogens is 1. The Bertz CT molecular complexity index is 1110. The van der Waals surface area contributed by atoms with Crippen LogP contribution in [0, 0.1) is 0 Å². The van der Waals surface area contributed by atoms with Gasteiger partial charge in [0, 0.05) is 22.7 Å². The van der Waals surface area contributed by atoms with Gasteiger partial charge in [0.2, 0.25) is 0 Å². The summed E-state index contributed by atoms with van der Waals surface area (Å²) in [7, 11) is 0. The third kappa shape index (κ3) is 3.46. The third-order valence-corrected chi connectivity index (χ3v) is 4.22. The van der Waals surface area contributed by atoms with Crippen LogP contribution in [0.15, 0.2) is 82.1 Å². The van der Waals surface area contributed by atoms with Gasteiger partial charge in [-0.1, -0.05) is 29.8 Å². The van der Waals surface area contributed by atoms with E-state index in [4.69, 9.17) is 20.8 Å². The highest BCUT2D eigenvalue weighted by Crippen LogP contribution is 2.24. The summed E-state index contributed by atoms with van der Waals surface area (Å²) < 4.78 is 11.2. The van der Waals surface area contributed by atoms with E-state index in [0.717, 1.165) is 10.9 Å². The van der Waals surface area contributed by atoms with Crippen LogP contribution in [0.3, 0.4) is 0 Å². The minimum atomic E-state index is -0.425. The van der Waals surface area contributed by atoms with Gasteiger partial charge in [-0.15, -0.1) is 0 Å². The molecular weight excluding hydrogens is 350 g/mol. The zero-order valence-electron chi connectivity index (χ0n) is 13.7. The maximum Gasteiger partial charge on any atom is 0.345 e. The van der Waals surface area contributed by atoms with Gasteiger partial charge in [0.25, 0.3) is 0 Å². The summed E-state index contributed by atoms with van der Waals surface area (Å²) in [5, 5.41) is 1.49. The molecule has 5 heteroatoms. The second kappa shape index (κ2) is 7.02. The monoisotopic (exact) mass is 363 g/mol. The molecule has 0 aliphatic rings. The summed E-state index contributed by atoms with van der Waals surface area (Å²) in [6, 6.07) is 20.1. The number of ether oxygens (including phenoxy) is 1. The summed E-state index contributed by atoms with van der Waals surface area (Å²) >= 11 is 5.88. The van der Waals surface area contributed by atoms with Crippen molar-refractivity contribution in [3.8, 4) is 17.0 Å². The molecule has 0 aliphatic carbocycles. The van der Waals surface area contributed by atoms with Gasteiger partial charge >= 0.3 is 5.63 Å². The Labute approximate surface area is 154 Å². The highest BCUT2D eigenvalue weighted by atomic mass is 35.5. The van der Waals surface area contributed by atoms with Crippen LogP contribution in [0.4, 0.5) is 0 Å². The average Bonchev–Trinajstić information content (AvgIpc) is 2.67. The van der Waals surface area contributed by atoms with E-state index in [2.05, 4.69) is 4.98 Å². The number of halogens is 1. The summed E-state index contributed by atoms with van der Waals surface area (Å²) in [6.45, 7) is 0.402. The highest BCUT2D eigenvalue weighted by molar-refractivity contribution is 6.30. The topological polar surface area (TPSA) is 52.3 Å². The van der Waals surface area contributed by atoms with Crippen molar-refractivity contribution in [2.45, 2.75) is 6.61 Å². The average molecular weight is 364 g/mol. The molecule has 2 heterocycles. The van der Waals surface area contributed by atoms with E-state index < -0.39 is 5.63 Å². The van der Waals surface area contributed by atoms with Crippen molar-refractivity contribution in [2.75, 3.05) is 0 Å². The van der Waals surface area contributed by atoms with Gasteiger partial charge in [-0.05, 0) is 48.0 Å². The fourth-order valence-electron chi connectivity index (χ4n) is 2.63. The van der Waals surface area contributed by atoms with Crippen LogP contribution in [-0.2, 0) is 6.61 Å². The smallest absolute Gasteiger partial charge is 0.345 e. The number of nitrogens with zero attached hydrogens (tertiary/aromatic N) is 1. The van der Waals surface area contributed by atoms with Gasteiger partial charge in [-0.25, -0.2) is 4.79 Å². The lowest BCUT2D eigenvalue weighted by Gasteiger charge is -2.08. The second-order valence-electron chi connectivity index (χ2n) is 5.78. The zero-order chi connectivity index (χ0) is 17.9. The Morgan fingerprint density at radius 1 is 1.00 bits per heavy atom. The summed E-state index contributed by atoms with van der Waals surface area (Å²) in [5.41, 5.74) is 2.08. The minimum Gasteiger partial charge on any atom is -0.489 e. The molecule has 26 heavy (non-hydrogen) atoms. The lowest BCUT2D eigenvalue weighted by molar-refractivity contribution is 0.306. The van der Waals surface area contributed by atoms with E-state index in [0.29, 0.717) is 34.2 Å². The number of hydrogen-bond donors (Lipinski definition) is 0. The van der Waals surface area contributed by atoms with Crippen molar-refractivity contribution in [3.05, 3.63) is 93.9 Å². The first-order valence-electron chi connectivity index (χ1n) is 8.05. The van der Waals surface area contributed by atoms with E-state index in [1.165, 1.54) is 0 Å². The van der Waals surface area contributed by atoms with E-state index in [-0.39, 0.29) is 0 Å². The van der Waals surface area contributed by atoms with Crippen LogP contribution >= 0.6 is 11.6 Å². The summed E-state index contributed by atoms with van der Waals surface area (Å²) in [6.07, 6.45) is 1.65.